The normalized spacial score (nSPS) is 10.7. The van der Waals surface area contributed by atoms with Crippen LogP contribution in [0.2, 0.25) is 5.15 Å². The first-order valence-electron chi connectivity index (χ1n) is 3.92. The fourth-order valence-electron chi connectivity index (χ4n) is 1.04. The molecule has 1 heterocycles. The Hall–Kier alpha value is -0.540. The molecular formula is C8H13ClN2O. The van der Waals surface area contributed by atoms with Crippen LogP contribution in [0.1, 0.15) is 18.2 Å². The molecule has 0 aliphatic carbocycles. The highest BCUT2D eigenvalue weighted by atomic mass is 35.5. The Morgan fingerprint density at radius 3 is 2.67 bits per heavy atom. The van der Waals surface area contributed by atoms with Crippen LogP contribution in [0.3, 0.4) is 0 Å². The topological polar surface area (TPSA) is 27.1 Å². The van der Waals surface area contributed by atoms with Crippen LogP contribution in [0.5, 0.6) is 0 Å². The van der Waals surface area contributed by atoms with Crippen LogP contribution >= 0.6 is 11.6 Å². The minimum Gasteiger partial charge on any atom is -0.377 e. The Morgan fingerprint density at radius 2 is 2.25 bits per heavy atom. The summed E-state index contributed by atoms with van der Waals surface area (Å²) < 4.78 is 6.91. The summed E-state index contributed by atoms with van der Waals surface area (Å²) in [5.74, 6) is 0. The van der Waals surface area contributed by atoms with Crippen LogP contribution in [-0.4, -0.2) is 16.4 Å². The third kappa shape index (κ3) is 1.79. The number of rotatable bonds is 3. The van der Waals surface area contributed by atoms with Crippen molar-refractivity contribution in [2.75, 3.05) is 6.61 Å². The number of hydrogen-bond donors (Lipinski definition) is 0. The minimum atomic E-state index is 0.551. The van der Waals surface area contributed by atoms with Crippen molar-refractivity contribution < 1.29 is 4.74 Å². The average Bonchev–Trinajstić information content (AvgIpc) is 2.25. The van der Waals surface area contributed by atoms with Crippen LogP contribution in [0, 0.1) is 6.92 Å². The molecule has 0 radical (unpaired) electrons. The van der Waals surface area contributed by atoms with Gasteiger partial charge in [0.25, 0.3) is 0 Å². The van der Waals surface area contributed by atoms with Crippen molar-refractivity contribution in [1.82, 2.24) is 9.78 Å². The fourth-order valence-corrected chi connectivity index (χ4v) is 1.27. The summed E-state index contributed by atoms with van der Waals surface area (Å²) in [7, 11) is 1.82. The zero-order valence-electron chi connectivity index (χ0n) is 7.59. The average molecular weight is 189 g/mol. The van der Waals surface area contributed by atoms with Gasteiger partial charge >= 0.3 is 0 Å². The lowest BCUT2D eigenvalue weighted by Crippen LogP contribution is -1.93. The maximum atomic E-state index is 5.97. The first-order valence-corrected chi connectivity index (χ1v) is 4.30. The predicted octanol–water partition coefficient (Wildman–Crippen LogP) is 1.92. The van der Waals surface area contributed by atoms with E-state index in [1.807, 2.05) is 20.9 Å². The Labute approximate surface area is 77.3 Å². The van der Waals surface area contributed by atoms with Gasteiger partial charge in [-0.05, 0) is 13.8 Å². The Morgan fingerprint density at radius 1 is 1.58 bits per heavy atom. The standard InChI is InChI=1S/C8H13ClN2O/c1-4-12-5-7-6(2)10-11(3)8(7)9/h4-5H2,1-3H3. The van der Waals surface area contributed by atoms with Crippen LogP contribution in [-0.2, 0) is 18.4 Å². The summed E-state index contributed by atoms with van der Waals surface area (Å²) in [4.78, 5) is 0. The van der Waals surface area contributed by atoms with Gasteiger partial charge in [0, 0.05) is 19.2 Å². The van der Waals surface area contributed by atoms with E-state index in [2.05, 4.69) is 5.10 Å². The van der Waals surface area contributed by atoms with E-state index in [9.17, 15) is 0 Å². The van der Waals surface area contributed by atoms with Gasteiger partial charge < -0.3 is 4.74 Å². The Balaban J connectivity index is 2.82. The van der Waals surface area contributed by atoms with Gasteiger partial charge in [-0.1, -0.05) is 11.6 Å². The first-order chi connectivity index (χ1) is 5.66. The van der Waals surface area contributed by atoms with Crippen molar-refractivity contribution >= 4 is 11.6 Å². The Bertz CT molecular complexity index is 270. The number of aryl methyl sites for hydroxylation is 2. The van der Waals surface area contributed by atoms with E-state index >= 15 is 0 Å². The molecule has 68 valence electrons. The molecule has 0 amide bonds. The lowest BCUT2D eigenvalue weighted by atomic mass is 10.3. The van der Waals surface area contributed by atoms with Crippen molar-refractivity contribution in [2.45, 2.75) is 20.5 Å². The molecule has 12 heavy (non-hydrogen) atoms. The molecule has 0 unspecified atom stereocenters. The highest BCUT2D eigenvalue weighted by Gasteiger charge is 2.09. The van der Waals surface area contributed by atoms with E-state index in [1.54, 1.807) is 4.68 Å². The van der Waals surface area contributed by atoms with Gasteiger partial charge in [0.2, 0.25) is 0 Å². The van der Waals surface area contributed by atoms with Gasteiger partial charge in [-0.15, -0.1) is 0 Å². The van der Waals surface area contributed by atoms with Gasteiger partial charge in [0.1, 0.15) is 5.15 Å². The van der Waals surface area contributed by atoms with Gasteiger partial charge in [-0.25, -0.2) is 0 Å². The summed E-state index contributed by atoms with van der Waals surface area (Å²) >= 11 is 5.97. The quantitative estimate of drug-likeness (QED) is 0.725. The van der Waals surface area contributed by atoms with Crippen LogP contribution < -0.4 is 0 Å². The maximum absolute atomic E-state index is 5.97. The van der Waals surface area contributed by atoms with E-state index in [0.717, 1.165) is 11.3 Å². The summed E-state index contributed by atoms with van der Waals surface area (Å²) in [6, 6.07) is 0. The van der Waals surface area contributed by atoms with Crippen LogP contribution in [0.25, 0.3) is 0 Å². The lowest BCUT2D eigenvalue weighted by molar-refractivity contribution is 0.133. The van der Waals surface area contributed by atoms with E-state index in [4.69, 9.17) is 16.3 Å². The zero-order chi connectivity index (χ0) is 9.14. The minimum absolute atomic E-state index is 0.551. The van der Waals surface area contributed by atoms with Crippen LogP contribution in [0.15, 0.2) is 0 Å². The number of ether oxygens (including phenoxy) is 1. The van der Waals surface area contributed by atoms with Crippen molar-refractivity contribution in [2.24, 2.45) is 7.05 Å². The second-order valence-corrected chi connectivity index (χ2v) is 2.97. The lowest BCUT2D eigenvalue weighted by Gasteiger charge is -1.99. The molecule has 0 aromatic carbocycles. The third-order valence-electron chi connectivity index (χ3n) is 1.72. The first kappa shape index (κ1) is 9.55. The van der Waals surface area contributed by atoms with Crippen molar-refractivity contribution in [3.63, 3.8) is 0 Å². The number of hydrogen-bond acceptors (Lipinski definition) is 2. The molecule has 0 aliphatic heterocycles. The molecule has 0 N–H and O–H groups in total. The van der Waals surface area contributed by atoms with Crippen LogP contribution in [0.4, 0.5) is 0 Å². The fraction of sp³-hybridized carbons (Fsp3) is 0.625. The number of aromatic nitrogens is 2. The zero-order valence-corrected chi connectivity index (χ0v) is 8.35. The molecule has 4 heteroatoms. The smallest absolute Gasteiger partial charge is 0.132 e. The summed E-state index contributed by atoms with van der Waals surface area (Å²) in [6.45, 7) is 5.14. The second-order valence-electron chi connectivity index (χ2n) is 2.62. The molecule has 0 atom stereocenters. The summed E-state index contributed by atoms with van der Waals surface area (Å²) in [5.41, 5.74) is 1.93. The van der Waals surface area contributed by atoms with Crippen molar-refractivity contribution in [1.29, 1.82) is 0 Å². The number of nitrogens with zero attached hydrogens (tertiary/aromatic N) is 2. The summed E-state index contributed by atoms with van der Waals surface area (Å²) in [6.07, 6.45) is 0. The Kier molecular flexibility index (Phi) is 3.12. The maximum Gasteiger partial charge on any atom is 0.132 e. The predicted molar refractivity (Wildman–Crippen MR) is 48.3 cm³/mol. The van der Waals surface area contributed by atoms with E-state index < -0.39 is 0 Å². The summed E-state index contributed by atoms with van der Waals surface area (Å²) in [5, 5.41) is 4.84. The molecule has 0 saturated heterocycles. The molecule has 0 saturated carbocycles. The monoisotopic (exact) mass is 188 g/mol. The molecule has 1 rings (SSSR count). The molecule has 3 nitrogen and oxygen atoms in total. The van der Waals surface area contributed by atoms with E-state index in [1.165, 1.54) is 0 Å². The van der Waals surface area contributed by atoms with Crippen molar-refractivity contribution in [3.05, 3.63) is 16.4 Å². The molecule has 0 spiro atoms. The second kappa shape index (κ2) is 3.92. The van der Waals surface area contributed by atoms with E-state index in [-0.39, 0.29) is 0 Å². The molecule has 0 aliphatic rings. The third-order valence-corrected chi connectivity index (χ3v) is 2.19. The largest absolute Gasteiger partial charge is 0.377 e. The van der Waals surface area contributed by atoms with Gasteiger partial charge in [0.05, 0.1) is 12.3 Å². The van der Waals surface area contributed by atoms with E-state index in [0.29, 0.717) is 18.4 Å². The van der Waals surface area contributed by atoms with Gasteiger partial charge in [-0.3, -0.25) is 4.68 Å². The SMILES string of the molecule is CCOCc1c(C)nn(C)c1Cl. The van der Waals surface area contributed by atoms with Crippen molar-refractivity contribution in [3.8, 4) is 0 Å². The highest BCUT2D eigenvalue weighted by molar-refractivity contribution is 6.30. The molecular weight excluding hydrogens is 176 g/mol. The molecule has 0 fully saturated rings. The molecule has 1 aromatic heterocycles. The molecule has 0 bridgehead atoms. The molecule has 1 aromatic rings. The highest BCUT2D eigenvalue weighted by Crippen LogP contribution is 2.18. The number of halogens is 1. The van der Waals surface area contributed by atoms with Gasteiger partial charge in [-0.2, -0.15) is 5.10 Å². The van der Waals surface area contributed by atoms with Gasteiger partial charge in [0.15, 0.2) is 0 Å².